The minimum atomic E-state index is -4.97. The minimum absolute atomic E-state index is 0.0551. The molecule has 0 aliphatic carbocycles. The van der Waals surface area contributed by atoms with Gasteiger partial charge in [0, 0.05) is 12.2 Å². The molecule has 1 aromatic rings. The third-order valence-corrected chi connectivity index (χ3v) is 3.00. The lowest BCUT2D eigenvalue weighted by molar-refractivity contribution is -0.167. The summed E-state index contributed by atoms with van der Waals surface area (Å²) in [5.74, 6) is -1.97. The van der Waals surface area contributed by atoms with Crippen molar-refractivity contribution in [1.82, 2.24) is 0 Å². The average molecular weight is 302 g/mol. The highest BCUT2D eigenvalue weighted by molar-refractivity contribution is 6.01. The summed E-state index contributed by atoms with van der Waals surface area (Å²) in [6.07, 6.45) is -5.63. The summed E-state index contributed by atoms with van der Waals surface area (Å²) in [6.45, 7) is 3.67. The SMILES string of the molecule is CCN1C(=O)C(C)Oc2ccc(NC(=O)C(F)(F)F)cc21. The lowest BCUT2D eigenvalue weighted by atomic mass is 10.1. The number of hydrogen-bond acceptors (Lipinski definition) is 3. The van der Waals surface area contributed by atoms with Gasteiger partial charge in [0.1, 0.15) is 5.75 Å². The second-order valence-corrected chi connectivity index (χ2v) is 4.48. The number of nitrogens with zero attached hydrogens (tertiary/aromatic N) is 1. The van der Waals surface area contributed by atoms with E-state index in [2.05, 4.69) is 0 Å². The third-order valence-electron chi connectivity index (χ3n) is 3.00. The van der Waals surface area contributed by atoms with Gasteiger partial charge in [-0.25, -0.2) is 0 Å². The van der Waals surface area contributed by atoms with Crippen LogP contribution in [-0.2, 0) is 9.59 Å². The third kappa shape index (κ3) is 2.93. The van der Waals surface area contributed by atoms with E-state index in [0.29, 0.717) is 18.0 Å². The molecule has 0 aromatic heterocycles. The van der Waals surface area contributed by atoms with Crippen LogP contribution in [0.25, 0.3) is 0 Å². The zero-order valence-corrected chi connectivity index (χ0v) is 11.3. The number of carbonyl (C=O) groups excluding carboxylic acids is 2. The minimum Gasteiger partial charge on any atom is -0.479 e. The Morgan fingerprint density at radius 1 is 1.43 bits per heavy atom. The van der Waals surface area contributed by atoms with Crippen molar-refractivity contribution < 1.29 is 27.5 Å². The first-order chi connectivity index (χ1) is 9.74. The molecule has 0 bridgehead atoms. The van der Waals surface area contributed by atoms with Gasteiger partial charge in [-0.05, 0) is 32.0 Å². The van der Waals surface area contributed by atoms with E-state index in [1.165, 1.54) is 23.1 Å². The maximum absolute atomic E-state index is 12.2. The predicted octanol–water partition coefficient (Wildman–Crippen LogP) is 2.32. The monoisotopic (exact) mass is 302 g/mol. The Kier molecular flexibility index (Phi) is 3.80. The van der Waals surface area contributed by atoms with E-state index in [0.717, 1.165) is 0 Å². The number of rotatable bonds is 2. The number of amides is 2. The van der Waals surface area contributed by atoms with Crippen LogP contribution in [-0.4, -0.2) is 30.6 Å². The number of ether oxygens (including phenoxy) is 1. The van der Waals surface area contributed by atoms with E-state index < -0.39 is 18.2 Å². The van der Waals surface area contributed by atoms with E-state index >= 15 is 0 Å². The Morgan fingerprint density at radius 2 is 2.10 bits per heavy atom. The van der Waals surface area contributed by atoms with Gasteiger partial charge in [0.2, 0.25) is 0 Å². The molecule has 21 heavy (non-hydrogen) atoms. The normalized spacial score (nSPS) is 18.0. The summed E-state index contributed by atoms with van der Waals surface area (Å²) in [5.41, 5.74) is 0.279. The fraction of sp³-hybridized carbons (Fsp3) is 0.385. The van der Waals surface area contributed by atoms with Crippen LogP contribution < -0.4 is 15.0 Å². The molecule has 0 radical (unpaired) electrons. The Bertz CT molecular complexity index is 587. The van der Waals surface area contributed by atoms with Gasteiger partial charge in [-0.3, -0.25) is 9.59 Å². The molecule has 1 N–H and O–H groups in total. The van der Waals surface area contributed by atoms with Crippen molar-refractivity contribution in [3.63, 3.8) is 0 Å². The molecule has 2 rings (SSSR count). The molecule has 1 aliphatic rings. The topological polar surface area (TPSA) is 58.6 Å². The van der Waals surface area contributed by atoms with Crippen molar-refractivity contribution >= 4 is 23.2 Å². The summed E-state index contributed by atoms with van der Waals surface area (Å²) in [5, 5.41) is 1.75. The van der Waals surface area contributed by atoms with Gasteiger partial charge in [-0.1, -0.05) is 0 Å². The number of fused-ring (bicyclic) bond motifs is 1. The molecule has 1 atom stereocenters. The number of benzene rings is 1. The molecule has 0 saturated heterocycles. The molecule has 2 amide bonds. The molecule has 1 aromatic carbocycles. The molecule has 0 spiro atoms. The van der Waals surface area contributed by atoms with E-state index in [1.807, 2.05) is 0 Å². The van der Waals surface area contributed by atoms with E-state index in [-0.39, 0.29) is 11.6 Å². The van der Waals surface area contributed by atoms with Crippen LogP contribution >= 0.6 is 0 Å². The first kappa shape index (κ1) is 15.1. The van der Waals surface area contributed by atoms with Crippen molar-refractivity contribution in [3.8, 4) is 5.75 Å². The Hall–Kier alpha value is -2.25. The fourth-order valence-corrected chi connectivity index (χ4v) is 2.01. The van der Waals surface area contributed by atoms with Gasteiger partial charge in [0.25, 0.3) is 5.91 Å². The molecular formula is C13H13F3N2O3. The van der Waals surface area contributed by atoms with Crippen molar-refractivity contribution in [2.75, 3.05) is 16.8 Å². The van der Waals surface area contributed by atoms with Crippen LogP contribution in [0.5, 0.6) is 5.75 Å². The Morgan fingerprint density at radius 3 is 2.67 bits per heavy atom. The van der Waals surface area contributed by atoms with Gasteiger partial charge < -0.3 is 15.0 Å². The van der Waals surface area contributed by atoms with Gasteiger partial charge in [0.15, 0.2) is 6.10 Å². The van der Waals surface area contributed by atoms with Crippen molar-refractivity contribution in [1.29, 1.82) is 0 Å². The molecule has 1 aliphatic heterocycles. The number of halogens is 3. The van der Waals surface area contributed by atoms with Crippen LogP contribution in [0.1, 0.15) is 13.8 Å². The Labute approximate surface area is 118 Å². The van der Waals surface area contributed by atoms with Gasteiger partial charge >= 0.3 is 12.1 Å². The average Bonchev–Trinajstić information content (AvgIpc) is 2.40. The quantitative estimate of drug-likeness (QED) is 0.912. The van der Waals surface area contributed by atoms with Gasteiger partial charge in [-0.2, -0.15) is 13.2 Å². The van der Waals surface area contributed by atoms with Crippen LogP contribution in [0.2, 0.25) is 0 Å². The molecule has 0 saturated carbocycles. The summed E-state index contributed by atoms with van der Waals surface area (Å²) in [6, 6.07) is 4.00. The molecule has 114 valence electrons. The number of anilines is 2. The molecule has 0 fully saturated rings. The molecule has 1 heterocycles. The number of hydrogen-bond donors (Lipinski definition) is 1. The van der Waals surface area contributed by atoms with Crippen LogP contribution in [0.4, 0.5) is 24.5 Å². The number of carbonyl (C=O) groups is 2. The van der Waals surface area contributed by atoms with Crippen molar-refractivity contribution in [2.24, 2.45) is 0 Å². The highest BCUT2D eigenvalue weighted by atomic mass is 19.4. The second kappa shape index (κ2) is 5.27. The fourth-order valence-electron chi connectivity index (χ4n) is 2.01. The number of likely N-dealkylation sites (N-methyl/N-ethyl adjacent to an activating group) is 1. The Balaban J connectivity index is 2.32. The molecular weight excluding hydrogens is 289 g/mol. The first-order valence-corrected chi connectivity index (χ1v) is 6.24. The van der Waals surface area contributed by atoms with Gasteiger partial charge in [0.05, 0.1) is 5.69 Å². The van der Waals surface area contributed by atoms with Crippen LogP contribution in [0, 0.1) is 0 Å². The smallest absolute Gasteiger partial charge is 0.471 e. The summed E-state index contributed by atoms with van der Waals surface area (Å²) >= 11 is 0. The van der Waals surface area contributed by atoms with Crippen LogP contribution in [0.15, 0.2) is 18.2 Å². The lowest BCUT2D eigenvalue weighted by Gasteiger charge is -2.32. The standard InChI is InChI=1S/C13H13F3N2O3/c1-3-18-9-6-8(17-12(20)13(14,15)16)4-5-10(9)21-7(2)11(18)19/h4-7H,3H2,1-2H3,(H,17,20). The lowest BCUT2D eigenvalue weighted by Crippen LogP contribution is -2.44. The molecule has 1 unspecified atom stereocenters. The second-order valence-electron chi connectivity index (χ2n) is 4.48. The number of alkyl halides is 3. The largest absolute Gasteiger partial charge is 0.479 e. The summed E-state index contributed by atoms with van der Waals surface area (Å²) in [7, 11) is 0. The van der Waals surface area contributed by atoms with E-state index in [9.17, 15) is 22.8 Å². The van der Waals surface area contributed by atoms with Crippen molar-refractivity contribution in [2.45, 2.75) is 26.1 Å². The number of nitrogens with one attached hydrogen (secondary N) is 1. The summed E-state index contributed by atoms with van der Waals surface area (Å²) in [4.78, 5) is 24.3. The summed E-state index contributed by atoms with van der Waals surface area (Å²) < 4.78 is 42.1. The predicted molar refractivity (Wildman–Crippen MR) is 69.2 cm³/mol. The molecule has 5 nitrogen and oxygen atoms in total. The van der Waals surface area contributed by atoms with Crippen LogP contribution in [0.3, 0.4) is 0 Å². The maximum atomic E-state index is 12.2. The zero-order valence-electron chi connectivity index (χ0n) is 11.3. The molecule has 8 heteroatoms. The first-order valence-electron chi connectivity index (χ1n) is 6.24. The highest BCUT2D eigenvalue weighted by Crippen LogP contribution is 2.36. The zero-order chi connectivity index (χ0) is 15.8. The van der Waals surface area contributed by atoms with Gasteiger partial charge in [-0.15, -0.1) is 0 Å². The van der Waals surface area contributed by atoms with E-state index in [4.69, 9.17) is 4.74 Å². The maximum Gasteiger partial charge on any atom is 0.471 e. The van der Waals surface area contributed by atoms with Crippen molar-refractivity contribution in [3.05, 3.63) is 18.2 Å². The van der Waals surface area contributed by atoms with E-state index in [1.54, 1.807) is 19.2 Å². The highest BCUT2D eigenvalue weighted by Gasteiger charge is 2.39.